The standard InChI is InChI=1S/C22H27N5O2/c28-20-16-6-7-22(18(16)25-19(26-20)15-4-3-10-23-14-15)8-12-27(13-9-22)21(29)17-5-1-2-11-24-17/h3-4,10,14,17,24H,1-2,5-9,11-13H2,(H,25,26,28). The lowest BCUT2D eigenvalue weighted by Crippen LogP contribution is -2.52. The van der Waals surface area contributed by atoms with Crippen LogP contribution < -0.4 is 10.9 Å². The van der Waals surface area contributed by atoms with Gasteiger partial charge in [0.1, 0.15) is 5.82 Å². The number of nitrogens with zero attached hydrogens (tertiary/aromatic N) is 3. The zero-order valence-electron chi connectivity index (χ0n) is 16.6. The number of hydrogen-bond donors (Lipinski definition) is 2. The molecule has 2 aliphatic heterocycles. The van der Waals surface area contributed by atoms with E-state index in [-0.39, 0.29) is 22.9 Å². The Morgan fingerprint density at radius 1 is 1.21 bits per heavy atom. The maximum atomic E-state index is 12.9. The number of carbonyl (C=O) groups excluding carboxylic acids is 1. The van der Waals surface area contributed by atoms with Crippen molar-refractivity contribution in [1.82, 2.24) is 25.2 Å². The first-order valence-corrected chi connectivity index (χ1v) is 10.7. The molecule has 3 aliphatic rings. The van der Waals surface area contributed by atoms with Crippen LogP contribution in [0.5, 0.6) is 0 Å². The molecule has 5 rings (SSSR count). The highest BCUT2D eigenvalue weighted by atomic mass is 16.2. The summed E-state index contributed by atoms with van der Waals surface area (Å²) < 4.78 is 0. The van der Waals surface area contributed by atoms with Gasteiger partial charge in [-0.15, -0.1) is 0 Å². The smallest absolute Gasteiger partial charge is 0.254 e. The second-order valence-corrected chi connectivity index (χ2v) is 8.59. The highest BCUT2D eigenvalue weighted by molar-refractivity contribution is 5.82. The van der Waals surface area contributed by atoms with Crippen LogP contribution in [0.1, 0.15) is 49.8 Å². The Morgan fingerprint density at radius 3 is 2.79 bits per heavy atom. The van der Waals surface area contributed by atoms with Crippen molar-refractivity contribution in [2.75, 3.05) is 19.6 Å². The number of aromatic amines is 1. The molecule has 2 N–H and O–H groups in total. The molecule has 1 spiro atoms. The molecule has 2 fully saturated rings. The van der Waals surface area contributed by atoms with E-state index in [0.717, 1.165) is 81.4 Å². The largest absolute Gasteiger partial charge is 0.341 e. The van der Waals surface area contributed by atoms with Crippen molar-refractivity contribution in [2.24, 2.45) is 0 Å². The molecule has 152 valence electrons. The number of hydrogen-bond acceptors (Lipinski definition) is 5. The van der Waals surface area contributed by atoms with E-state index in [1.807, 2.05) is 17.0 Å². The number of H-pyrrole nitrogens is 1. The van der Waals surface area contributed by atoms with Gasteiger partial charge >= 0.3 is 0 Å². The second-order valence-electron chi connectivity index (χ2n) is 8.59. The Hall–Kier alpha value is -2.54. The molecule has 4 heterocycles. The van der Waals surface area contributed by atoms with Gasteiger partial charge in [0.2, 0.25) is 5.91 Å². The molecule has 2 aromatic rings. The normalized spacial score (nSPS) is 23.2. The Labute approximate surface area is 170 Å². The van der Waals surface area contributed by atoms with E-state index in [2.05, 4.69) is 15.3 Å². The van der Waals surface area contributed by atoms with Crippen LogP contribution in [-0.2, 0) is 16.6 Å². The van der Waals surface area contributed by atoms with E-state index in [9.17, 15) is 9.59 Å². The van der Waals surface area contributed by atoms with Crippen LogP contribution in [0.15, 0.2) is 29.3 Å². The second kappa shape index (κ2) is 7.37. The minimum Gasteiger partial charge on any atom is -0.341 e. The highest BCUT2D eigenvalue weighted by Gasteiger charge is 2.45. The van der Waals surface area contributed by atoms with Crippen molar-refractivity contribution in [3.63, 3.8) is 0 Å². The molecule has 1 unspecified atom stereocenters. The van der Waals surface area contributed by atoms with Gasteiger partial charge in [-0.25, -0.2) is 4.98 Å². The van der Waals surface area contributed by atoms with Gasteiger partial charge in [-0.2, -0.15) is 0 Å². The van der Waals surface area contributed by atoms with Crippen molar-refractivity contribution in [3.05, 3.63) is 46.1 Å². The van der Waals surface area contributed by atoms with Crippen molar-refractivity contribution < 1.29 is 4.79 Å². The lowest BCUT2D eigenvalue weighted by molar-refractivity contribution is -0.135. The third kappa shape index (κ3) is 3.27. The molecule has 0 bridgehead atoms. The molecule has 1 aliphatic carbocycles. The number of amides is 1. The van der Waals surface area contributed by atoms with Gasteiger partial charge < -0.3 is 15.2 Å². The van der Waals surface area contributed by atoms with E-state index in [0.29, 0.717) is 5.82 Å². The van der Waals surface area contributed by atoms with Gasteiger partial charge in [0, 0.05) is 42.0 Å². The van der Waals surface area contributed by atoms with Crippen LogP contribution in [0.25, 0.3) is 11.4 Å². The van der Waals surface area contributed by atoms with Gasteiger partial charge in [0.15, 0.2) is 0 Å². The molecule has 29 heavy (non-hydrogen) atoms. The number of likely N-dealkylation sites (tertiary alicyclic amines) is 1. The fourth-order valence-electron chi connectivity index (χ4n) is 5.22. The topological polar surface area (TPSA) is 91.0 Å². The van der Waals surface area contributed by atoms with E-state index in [1.165, 1.54) is 0 Å². The quantitative estimate of drug-likeness (QED) is 0.812. The molecule has 2 saturated heterocycles. The zero-order valence-corrected chi connectivity index (χ0v) is 16.6. The Kier molecular flexibility index (Phi) is 4.70. The summed E-state index contributed by atoms with van der Waals surface area (Å²) in [5, 5.41) is 3.37. The number of carbonyl (C=O) groups is 1. The van der Waals surface area contributed by atoms with Gasteiger partial charge in [-0.3, -0.25) is 14.6 Å². The van der Waals surface area contributed by atoms with Gasteiger partial charge in [0.25, 0.3) is 5.56 Å². The minimum atomic E-state index is -0.0860. The highest BCUT2D eigenvalue weighted by Crippen LogP contribution is 2.44. The van der Waals surface area contributed by atoms with E-state index >= 15 is 0 Å². The molecule has 0 saturated carbocycles. The first-order valence-electron chi connectivity index (χ1n) is 10.7. The Bertz CT molecular complexity index is 957. The number of nitrogens with one attached hydrogen (secondary N) is 2. The summed E-state index contributed by atoms with van der Waals surface area (Å²) >= 11 is 0. The van der Waals surface area contributed by atoms with Crippen LogP contribution in [0.3, 0.4) is 0 Å². The van der Waals surface area contributed by atoms with Crippen molar-refractivity contribution in [2.45, 2.75) is 56.4 Å². The summed E-state index contributed by atoms with van der Waals surface area (Å²) in [5.41, 5.74) is 2.48. The average Bonchev–Trinajstić information content (AvgIpc) is 3.13. The lowest BCUT2D eigenvalue weighted by Gasteiger charge is -2.41. The molecule has 1 atom stereocenters. The maximum absolute atomic E-state index is 12.9. The van der Waals surface area contributed by atoms with Crippen LogP contribution >= 0.6 is 0 Å². The van der Waals surface area contributed by atoms with Crippen LogP contribution in [-0.4, -0.2) is 51.4 Å². The van der Waals surface area contributed by atoms with Crippen molar-refractivity contribution in [1.29, 1.82) is 0 Å². The third-order valence-electron chi connectivity index (χ3n) is 6.95. The number of rotatable bonds is 2. The van der Waals surface area contributed by atoms with Crippen molar-refractivity contribution >= 4 is 5.91 Å². The SMILES string of the molecule is O=C(C1CCCCN1)N1CCC2(CCc3c2nc(-c2cccnc2)[nH]c3=O)CC1. The number of fused-ring (bicyclic) bond motifs is 2. The van der Waals surface area contributed by atoms with Crippen molar-refractivity contribution in [3.8, 4) is 11.4 Å². The van der Waals surface area contributed by atoms with E-state index in [4.69, 9.17) is 4.98 Å². The summed E-state index contributed by atoms with van der Waals surface area (Å²) in [6, 6.07) is 3.74. The van der Waals surface area contributed by atoms with Crippen LogP contribution in [0.2, 0.25) is 0 Å². The summed E-state index contributed by atoms with van der Waals surface area (Å²) in [5.74, 6) is 0.834. The van der Waals surface area contributed by atoms with Gasteiger partial charge in [-0.05, 0) is 57.2 Å². The monoisotopic (exact) mass is 393 g/mol. The number of pyridine rings is 1. The molecular formula is C22H27N5O2. The summed E-state index contributed by atoms with van der Waals surface area (Å²) in [6.45, 7) is 2.42. The fourth-order valence-corrected chi connectivity index (χ4v) is 5.22. The first-order chi connectivity index (χ1) is 14.2. The predicted octanol–water partition coefficient (Wildman–Crippen LogP) is 1.78. The van der Waals surface area contributed by atoms with Crippen LogP contribution in [0, 0.1) is 0 Å². The number of aromatic nitrogens is 3. The van der Waals surface area contributed by atoms with Gasteiger partial charge in [-0.1, -0.05) is 6.42 Å². The molecule has 7 nitrogen and oxygen atoms in total. The molecule has 1 amide bonds. The van der Waals surface area contributed by atoms with E-state index < -0.39 is 0 Å². The zero-order chi connectivity index (χ0) is 19.8. The molecule has 7 heteroatoms. The van der Waals surface area contributed by atoms with E-state index in [1.54, 1.807) is 12.4 Å². The maximum Gasteiger partial charge on any atom is 0.254 e. The fraction of sp³-hybridized carbons (Fsp3) is 0.545. The molecule has 0 radical (unpaired) electrons. The Balaban J connectivity index is 1.38. The van der Waals surface area contributed by atoms with Gasteiger partial charge in [0.05, 0.1) is 11.7 Å². The summed E-state index contributed by atoms with van der Waals surface area (Å²) in [6.07, 6.45) is 10.1. The Morgan fingerprint density at radius 2 is 2.07 bits per heavy atom. The van der Waals surface area contributed by atoms with Crippen LogP contribution in [0.4, 0.5) is 0 Å². The lowest BCUT2D eigenvalue weighted by atomic mass is 9.76. The minimum absolute atomic E-state index is 0.0215. The summed E-state index contributed by atoms with van der Waals surface area (Å²) in [4.78, 5) is 39.6. The predicted molar refractivity (Wildman–Crippen MR) is 110 cm³/mol. The number of piperidine rings is 2. The summed E-state index contributed by atoms with van der Waals surface area (Å²) in [7, 11) is 0. The molecular weight excluding hydrogens is 366 g/mol. The molecule has 0 aromatic carbocycles. The average molecular weight is 393 g/mol. The third-order valence-corrected chi connectivity index (χ3v) is 6.95. The first kappa shape index (κ1) is 18.5. The molecule has 2 aromatic heterocycles.